The molecule has 2 rings (SSSR count). The zero-order valence-electron chi connectivity index (χ0n) is 11.6. The summed E-state index contributed by atoms with van der Waals surface area (Å²) in [6.07, 6.45) is 4.22. The van der Waals surface area contributed by atoms with Crippen molar-refractivity contribution in [1.29, 1.82) is 0 Å². The number of halogens is 1. The molecule has 110 valence electrons. The maximum Gasteiger partial charge on any atom is 0.255 e. The van der Waals surface area contributed by atoms with Gasteiger partial charge in [0, 0.05) is 5.02 Å². The molecular formula is C15H20ClNO3. The Balaban J connectivity index is 2.11. The largest absolute Gasteiger partial charge is 0.496 e. The zero-order chi connectivity index (χ0) is 14.5. The Morgan fingerprint density at radius 1 is 1.35 bits per heavy atom. The molecule has 0 heterocycles. The van der Waals surface area contributed by atoms with E-state index in [1.807, 2.05) is 0 Å². The quantitative estimate of drug-likeness (QED) is 0.844. The summed E-state index contributed by atoms with van der Waals surface area (Å²) in [5, 5.41) is 13.5. The predicted molar refractivity (Wildman–Crippen MR) is 78.4 cm³/mol. The second kappa shape index (κ2) is 6.95. The summed E-state index contributed by atoms with van der Waals surface area (Å²) < 4.78 is 5.18. The number of nitrogens with one attached hydrogen (secondary N) is 1. The highest BCUT2D eigenvalue weighted by Gasteiger charge is 2.24. The molecule has 1 aliphatic rings. The van der Waals surface area contributed by atoms with Gasteiger partial charge in [0.1, 0.15) is 5.75 Å². The van der Waals surface area contributed by atoms with E-state index < -0.39 is 6.10 Å². The number of carbonyl (C=O) groups excluding carboxylic acids is 1. The molecule has 1 aromatic carbocycles. The Bertz CT molecular complexity index is 478. The fourth-order valence-corrected chi connectivity index (χ4v) is 2.72. The van der Waals surface area contributed by atoms with E-state index in [2.05, 4.69) is 5.32 Å². The number of rotatable bonds is 3. The number of aliphatic hydroxyl groups is 1. The van der Waals surface area contributed by atoms with Gasteiger partial charge in [0.15, 0.2) is 0 Å². The number of ether oxygens (including phenoxy) is 1. The van der Waals surface area contributed by atoms with Crippen LogP contribution in [-0.4, -0.2) is 30.3 Å². The van der Waals surface area contributed by atoms with E-state index >= 15 is 0 Å². The summed E-state index contributed by atoms with van der Waals surface area (Å²) in [5.74, 6) is 0.211. The van der Waals surface area contributed by atoms with E-state index in [1.54, 1.807) is 18.2 Å². The van der Waals surface area contributed by atoms with Crippen LogP contribution in [0.25, 0.3) is 0 Å². The molecule has 0 aromatic heterocycles. The van der Waals surface area contributed by atoms with Crippen molar-refractivity contribution in [2.45, 2.75) is 44.2 Å². The Morgan fingerprint density at radius 2 is 2.10 bits per heavy atom. The highest BCUT2D eigenvalue weighted by Crippen LogP contribution is 2.24. The van der Waals surface area contributed by atoms with Gasteiger partial charge in [-0.05, 0) is 31.0 Å². The standard InChI is InChI=1S/C15H20ClNO3/c1-20-14-9-10(16)7-8-11(14)15(19)17-12-5-3-2-4-6-13(12)18/h7-9,12-13,18H,2-6H2,1H3,(H,17,19). The molecule has 0 bridgehead atoms. The van der Waals surface area contributed by atoms with E-state index in [-0.39, 0.29) is 11.9 Å². The average molecular weight is 298 g/mol. The summed E-state index contributed by atoms with van der Waals surface area (Å²) in [4.78, 5) is 12.3. The average Bonchev–Trinajstić information content (AvgIpc) is 2.64. The maximum atomic E-state index is 12.3. The van der Waals surface area contributed by atoms with Gasteiger partial charge in [-0.2, -0.15) is 0 Å². The van der Waals surface area contributed by atoms with Crippen LogP contribution in [-0.2, 0) is 0 Å². The molecule has 1 aromatic rings. The SMILES string of the molecule is COc1cc(Cl)ccc1C(=O)NC1CCCCCC1O. The number of hydrogen-bond acceptors (Lipinski definition) is 3. The third kappa shape index (κ3) is 3.64. The van der Waals surface area contributed by atoms with Gasteiger partial charge in [0.2, 0.25) is 0 Å². The number of benzene rings is 1. The minimum Gasteiger partial charge on any atom is -0.496 e. The molecule has 0 aliphatic heterocycles. The van der Waals surface area contributed by atoms with Crippen LogP contribution in [0.4, 0.5) is 0 Å². The highest BCUT2D eigenvalue weighted by atomic mass is 35.5. The molecule has 20 heavy (non-hydrogen) atoms. The van der Waals surface area contributed by atoms with E-state index in [0.29, 0.717) is 16.3 Å². The first-order valence-corrected chi connectivity index (χ1v) is 7.32. The summed E-state index contributed by atoms with van der Waals surface area (Å²) in [6.45, 7) is 0. The lowest BCUT2D eigenvalue weighted by Crippen LogP contribution is -2.42. The van der Waals surface area contributed by atoms with Crippen molar-refractivity contribution < 1.29 is 14.6 Å². The number of hydrogen-bond donors (Lipinski definition) is 2. The Hall–Kier alpha value is -1.26. The molecule has 1 aliphatic carbocycles. The Labute approximate surface area is 124 Å². The van der Waals surface area contributed by atoms with Crippen molar-refractivity contribution in [2.24, 2.45) is 0 Å². The molecule has 0 radical (unpaired) electrons. The van der Waals surface area contributed by atoms with E-state index in [9.17, 15) is 9.90 Å². The minimum absolute atomic E-state index is 0.189. The van der Waals surface area contributed by atoms with Crippen molar-refractivity contribution in [3.05, 3.63) is 28.8 Å². The van der Waals surface area contributed by atoms with Gasteiger partial charge < -0.3 is 15.2 Å². The van der Waals surface area contributed by atoms with Crippen molar-refractivity contribution in [3.63, 3.8) is 0 Å². The predicted octanol–water partition coefficient (Wildman–Crippen LogP) is 2.77. The summed E-state index contributed by atoms with van der Waals surface area (Å²) >= 11 is 5.89. The summed E-state index contributed by atoms with van der Waals surface area (Å²) in [5.41, 5.74) is 0.438. The van der Waals surface area contributed by atoms with Crippen molar-refractivity contribution >= 4 is 17.5 Å². The van der Waals surface area contributed by atoms with Gasteiger partial charge in [0.05, 0.1) is 24.8 Å². The molecule has 2 N–H and O–H groups in total. The van der Waals surface area contributed by atoms with Crippen LogP contribution in [0.15, 0.2) is 18.2 Å². The molecule has 0 saturated heterocycles. The molecule has 4 nitrogen and oxygen atoms in total. The number of methoxy groups -OCH3 is 1. The van der Waals surface area contributed by atoms with E-state index in [4.69, 9.17) is 16.3 Å². The summed E-state index contributed by atoms with van der Waals surface area (Å²) in [6, 6.07) is 4.72. The van der Waals surface area contributed by atoms with Gasteiger partial charge in [-0.15, -0.1) is 0 Å². The number of amides is 1. The van der Waals surface area contributed by atoms with Crippen molar-refractivity contribution in [3.8, 4) is 5.75 Å². The van der Waals surface area contributed by atoms with E-state index in [0.717, 1.165) is 32.1 Å². The van der Waals surface area contributed by atoms with Gasteiger partial charge in [-0.1, -0.05) is 30.9 Å². The van der Waals surface area contributed by atoms with Crippen molar-refractivity contribution in [2.75, 3.05) is 7.11 Å². The first kappa shape index (κ1) is 15.1. The normalized spacial score (nSPS) is 22.9. The molecule has 2 atom stereocenters. The number of carbonyl (C=O) groups is 1. The Kier molecular flexibility index (Phi) is 5.26. The molecule has 0 spiro atoms. The van der Waals surface area contributed by atoms with Crippen LogP contribution in [0.5, 0.6) is 5.75 Å². The summed E-state index contributed by atoms with van der Waals surface area (Å²) in [7, 11) is 1.50. The third-order valence-electron chi connectivity index (χ3n) is 3.70. The smallest absolute Gasteiger partial charge is 0.255 e. The van der Waals surface area contributed by atoms with Crippen LogP contribution < -0.4 is 10.1 Å². The maximum absolute atomic E-state index is 12.3. The highest BCUT2D eigenvalue weighted by molar-refractivity contribution is 6.30. The van der Waals surface area contributed by atoms with Crippen LogP contribution in [0.3, 0.4) is 0 Å². The van der Waals surface area contributed by atoms with Gasteiger partial charge in [0.25, 0.3) is 5.91 Å². The molecular weight excluding hydrogens is 278 g/mol. The van der Waals surface area contributed by atoms with Crippen LogP contribution in [0.1, 0.15) is 42.5 Å². The molecule has 1 amide bonds. The molecule has 1 fully saturated rings. The molecule has 2 unspecified atom stereocenters. The zero-order valence-corrected chi connectivity index (χ0v) is 12.3. The van der Waals surface area contributed by atoms with Crippen LogP contribution in [0.2, 0.25) is 5.02 Å². The van der Waals surface area contributed by atoms with Gasteiger partial charge in [-0.3, -0.25) is 4.79 Å². The lowest BCUT2D eigenvalue weighted by Gasteiger charge is -2.22. The first-order valence-electron chi connectivity index (χ1n) is 6.94. The second-order valence-electron chi connectivity index (χ2n) is 5.13. The molecule has 5 heteroatoms. The fourth-order valence-electron chi connectivity index (χ4n) is 2.56. The molecule has 1 saturated carbocycles. The fraction of sp³-hybridized carbons (Fsp3) is 0.533. The van der Waals surface area contributed by atoms with Crippen LogP contribution in [0, 0.1) is 0 Å². The van der Waals surface area contributed by atoms with Gasteiger partial charge in [-0.25, -0.2) is 0 Å². The van der Waals surface area contributed by atoms with Gasteiger partial charge >= 0.3 is 0 Å². The lowest BCUT2D eigenvalue weighted by molar-refractivity contribution is 0.0816. The minimum atomic E-state index is -0.472. The Morgan fingerprint density at radius 3 is 2.85 bits per heavy atom. The third-order valence-corrected chi connectivity index (χ3v) is 3.94. The van der Waals surface area contributed by atoms with E-state index in [1.165, 1.54) is 7.11 Å². The lowest BCUT2D eigenvalue weighted by atomic mass is 10.1. The van der Waals surface area contributed by atoms with Crippen LogP contribution >= 0.6 is 11.6 Å². The monoisotopic (exact) mass is 297 g/mol. The topological polar surface area (TPSA) is 58.6 Å². The van der Waals surface area contributed by atoms with Crippen molar-refractivity contribution in [1.82, 2.24) is 5.32 Å². The number of aliphatic hydroxyl groups excluding tert-OH is 1. The second-order valence-corrected chi connectivity index (χ2v) is 5.57. The first-order chi connectivity index (χ1) is 9.61.